The molecule has 2 aliphatic rings. The maximum absolute atomic E-state index is 12.2. The Hall–Kier alpha value is -1.44. The first-order valence-corrected chi connectivity index (χ1v) is 9.75. The lowest BCUT2D eigenvalue weighted by atomic mass is 9.73. The van der Waals surface area contributed by atoms with Gasteiger partial charge in [-0.3, -0.25) is 4.79 Å². The van der Waals surface area contributed by atoms with Gasteiger partial charge in [0.15, 0.2) is 0 Å². The molecule has 0 radical (unpaired) electrons. The van der Waals surface area contributed by atoms with Crippen LogP contribution >= 0.6 is 0 Å². The summed E-state index contributed by atoms with van der Waals surface area (Å²) in [5, 5.41) is 20.4. The maximum Gasteiger partial charge on any atom is 0.330 e. The van der Waals surface area contributed by atoms with Gasteiger partial charge < -0.3 is 24.4 Å². The number of hydrogen-bond donors (Lipinski definition) is 2. The first kappa shape index (κ1) is 21.9. The molecule has 2 fully saturated rings. The molecule has 2 N–H and O–H groups in total. The van der Waals surface area contributed by atoms with Crippen LogP contribution in [0.1, 0.15) is 53.9 Å². The lowest BCUT2D eigenvalue weighted by molar-refractivity contribution is -0.298. The molecule has 2 rings (SSSR count). The van der Waals surface area contributed by atoms with Gasteiger partial charge in [-0.05, 0) is 33.3 Å². The Labute approximate surface area is 160 Å². The van der Waals surface area contributed by atoms with Crippen molar-refractivity contribution in [3.8, 4) is 0 Å². The molecule has 0 bridgehead atoms. The predicted octanol–water partition coefficient (Wildman–Crippen LogP) is 1.74. The number of carbonyl (C=O) groups is 2. The highest BCUT2D eigenvalue weighted by Gasteiger charge is 2.60. The average molecular weight is 384 g/mol. The number of carbonyl (C=O) groups excluding carboxylic acids is 2. The van der Waals surface area contributed by atoms with Crippen molar-refractivity contribution in [1.82, 2.24) is 0 Å². The van der Waals surface area contributed by atoms with Crippen molar-refractivity contribution < 1.29 is 34.0 Å². The zero-order valence-corrected chi connectivity index (χ0v) is 16.8. The lowest BCUT2D eigenvalue weighted by Crippen LogP contribution is -2.70. The average Bonchev–Trinajstić information content (AvgIpc) is 2.62. The standard InChI is InChI=1S/C20H32O7/c1-6-7-8-14(21)9-10-15(22)25-16-11(2)18-20(5,27-13(16)4)17(23)12(3)19(24)26-18/h9-14,16-18,21,23H,6-8H2,1-5H3/b10-9+/t11-,12-,13+,14+,16-,17+,18+,20-/m1/s1. The predicted molar refractivity (Wildman–Crippen MR) is 97.7 cm³/mol. The van der Waals surface area contributed by atoms with Gasteiger partial charge in [-0.1, -0.05) is 26.7 Å². The SMILES string of the molecule is CCCC[C@H](O)/C=C/C(=O)O[C@@H]1[C@@H](C)[C@@H]2OC(=O)[C@H](C)[C@H](O)[C@@]2(C)O[C@H]1C. The van der Waals surface area contributed by atoms with Gasteiger partial charge in [0, 0.05) is 12.0 Å². The third-order valence-corrected chi connectivity index (χ3v) is 5.70. The zero-order valence-electron chi connectivity index (χ0n) is 16.8. The molecule has 0 aromatic carbocycles. The second-order valence-corrected chi connectivity index (χ2v) is 7.93. The summed E-state index contributed by atoms with van der Waals surface area (Å²) in [6.07, 6.45) is 1.54. The van der Waals surface area contributed by atoms with E-state index in [4.69, 9.17) is 14.2 Å². The first-order chi connectivity index (χ1) is 12.6. The van der Waals surface area contributed by atoms with Crippen LogP contribution in [0.3, 0.4) is 0 Å². The molecule has 7 nitrogen and oxygen atoms in total. The molecule has 0 aliphatic carbocycles. The van der Waals surface area contributed by atoms with Crippen LogP contribution in [-0.4, -0.2) is 58.3 Å². The Bertz CT molecular complexity index is 575. The summed E-state index contributed by atoms with van der Waals surface area (Å²) in [7, 11) is 0. The molecule has 0 aromatic rings. The Kier molecular flexibility index (Phi) is 7.05. The molecule has 0 spiro atoms. The van der Waals surface area contributed by atoms with E-state index in [1.54, 1.807) is 20.8 Å². The first-order valence-electron chi connectivity index (χ1n) is 9.75. The molecule has 2 heterocycles. The minimum absolute atomic E-state index is 0.354. The smallest absolute Gasteiger partial charge is 0.330 e. The van der Waals surface area contributed by atoms with Crippen molar-refractivity contribution >= 4 is 11.9 Å². The number of aliphatic hydroxyl groups excluding tert-OH is 2. The Balaban J connectivity index is 2.06. The second kappa shape index (κ2) is 8.71. The number of unbranched alkanes of at least 4 members (excludes halogenated alkanes) is 1. The van der Waals surface area contributed by atoms with Crippen molar-refractivity contribution in [3.05, 3.63) is 12.2 Å². The number of aliphatic hydroxyl groups is 2. The van der Waals surface area contributed by atoms with E-state index in [9.17, 15) is 19.8 Å². The Morgan fingerprint density at radius 3 is 2.67 bits per heavy atom. The summed E-state index contributed by atoms with van der Waals surface area (Å²) in [5.74, 6) is -2.11. The van der Waals surface area contributed by atoms with E-state index in [1.807, 2.05) is 13.8 Å². The molecule has 27 heavy (non-hydrogen) atoms. The van der Waals surface area contributed by atoms with Crippen molar-refractivity contribution in [2.24, 2.45) is 11.8 Å². The molecular formula is C20H32O7. The van der Waals surface area contributed by atoms with Crippen molar-refractivity contribution in [3.63, 3.8) is 0 Å². The van der Waals surface area contributed by atoms with Crippen LogP contribution in [-0.2, 0) is 23.8 Å². The molecular weight excluding hydrogens is 352 g/mol. The maximum atomic E-state index is 12.2. The van der Waals surface area contributed by atoms with Crippen LogP contribution in [0.2, 0.25) is 0 Å². The number of fused-ring (bicyclic) bond motifs is 1. The normalized spacial score (nSPS) is 40.3. The van der Waals surface area contributed by atoms with Gasteiger partial charge in [-0.15, -0.1) is 0 Å². The molecule has 7 heteroatoms. The Morgan fingerprint density at radius 1 is 1.37 bits per heavy atom. The molecule has 0 saturated carbocycles. The highest BCUT2D eigenvalue weighted by molar-refractivity contribution is 5.82. The highest BCUT2D eigenvalue weighted by Crippen LogP contribution is 2.43. The summed E-state index contributed by atoms with van der Waals surface area (Å²) in [6, 6.07) is 0. The molecule has 2 aliphatic heterocycles. The van der Waals surface area contributed by atoms with Crippen LogP contribution in [0.5, 0.6) is 0 Å². The number of ether oxygens (including phenoxy) is 3. The third-order valence-electron chi connectivity index (χ3n) is 5.70. The van der Waals surface area contributed by atoms with E-state index in [2.05, 4.69) is 0 Å². The summed E-state index contributed by atoms with van der Waals surface area (Å²) < 4.78 is 17.0. The second-order valence-electron chi connectivity index (χ2n) is 7.93. The van der Waals surface area contributed by atoms with Crippen molar-refractivity contribution in [2.45, 2.75) is 90.0 Å². The lowest BCUT2D eigenvalue weighted by Gasteiger charge is -2.54. The molecule has 8 atom stereocenters. The van der Waals surface area contributed by atoms with E-state index in [1.165, 1.54) is 12.2 Å². The molecule has 154 valence electrons. The van der Waals surface area contributed by atoms with Gasteiger partial charge in [-0.25, -0.2) is 4.79 Å². The topological polar surface area (TPSA) is 102 Å². The zero-order chi connectivity index (χ0) is 20.4. The fourth-order valence-corrected chi connectivity index (χ4v) is 4.05. The summed E-state index contributed by atoms with van der Waals surface area (Å²) in [6.45, 7) is 8.94. The molecule has 0 unspecified atom stereocenters. The van der Waals surface area contributed by atoms with Crippen LogP contribution in [0, 0.1) is 11.8 Å². The number of hydrogen-bond acceptors (Lipinski definition) is 7. The van der Waals surface area contributed by atoms with E-state index in [-0.39, 0.29) is 5.92 Å². The van der Waals surface area contributed by atoms with Crippen molar-refractivity contribution in [2.75, 3.05) is 0 Å². The van der Waals surface area contributed by atoms with Crippen LogP contribution in [0.15, 0.2) is 12.2 Å². The third kappa shape index (κ3) is 4.52. The summed E-state index contributed by atoms with van der Waals surface area (Å²) in [4.78, 5) is 24.2. The number of esters is 2. The largest absolute Gasteiger partial charge is 0.458 e. The fourth-order valence-electron chi connectivity index (χ4n) is 4.05. The van der Waals surface area contributed by atoms with Crippen LogP contribution in [0.25, 0.3) is 0 Å². The highest BCUT2D eigenvalue weighted by atomic mass is 16.6. The molecule has 0 aromatic heterocycles. The van der Waals surface area contributed by atoms with Gasteiger partial charge in [0.05, 0.1) is 24.2 Å². The number of rotatable bonds is 6. The van der Waals surface area contributed by atoms with Gasteiger partial charge in [0.25, 0.3) is 0 Å². The van der Waals surface area contributed by atoms with Gasteiger partial charge in [0.2, 0.25) is 0 Å². The quantitative estimate of drug-likeness (QED) is 0.531. The van der Waals surface area contributed by atoms with E-state index in [0.717, 1.165) is 12.8 Å². The van der Waals surface area contributed by atoms with Gasteiger partial charge in [-0.2, -0.15) is 0 Å². The summed E-state index contributed by atoms with van der Waals surface area (Å²) >= 11 is 0. The van der Waals surface area contributed by atoms with E-state index in [0.29, 0.717) is 6.42 Å². The van der Waals surface area contributed by atoms with Gasteiger partial charge >= 0.3 is 11.9 Å². The molecule has 0 amide bonds. The minimum Gasteiger partial charge on any atom is -0.458 e. The van der Waals surface area contributed by atoms with Crippen LogP contribution in [0.4, 0.5) is 0 Å². The monoisotopic (exact) mass is 384 g/mol. The van der Waals surface area contributed by atoms with E-state index < -0.39 is 54.0 Å². The van der Waals surface area contributed by atoms with Crippen molar-refractivity contribution in [1.29, 1.82) is 0 Å². The minimum atomic E-state index is -1.05. The Morgan fingerprint density at radius 2 is 2.04 bits per heavy atom. The van der Waals surface area contributed by atoms with Gasteiger partial charge in [0.1, 0.15) is 17.8 Å². The molecule has 2 saturated heterocycles. The fraction of sp³-hybridized carbons (Fsp3) is 0.800. The van der Waals surface area contributed by atoms with Crippen LogP contribution < -0.4 is 0 Å². The summed E-state index contributed by atoms with van der Waals surface area (Å²) in [5.41, 5.74) is -1.05. The van der Waals surface area contributed by atoms with E-state index >= 15 is 0 Å².